The predicted octanol–water partition coefficient (Wildman–Crippen LogP) is 14.9. The fourth-order valence-corrected chi connectivity index (χ4v) is 8.30. The molecule has 0 saturated heterocycles. The number of hydrogen-bond acceptors (Lipinski definition) is 0. The highest BCUT2D eigenvalue weighted by Gasteiger charge is 2.17. The van der Waals surface area contributed by atoms with Gasteiger partial charge in [0.1, 0.15) is 0 Å². The van der Waals surface area contributed by atoms with Crippen LogP contribution in [0.2, 0.25) is 0 Å². The summed E-state index contributed by atoms with van der Waals surface area (Å²) in [6, 6.07) is 73.5. The Morgan fingerprint density at radius 3 is 1.17 bits per heavy atom. The minimum absolute atomic E-state index is 1.22. The third-order valence-corrected chi connectivity index (χ3v) is 11.0. The van der Waals surface area contributed by atoms with Gasteiger partial charge in [0.25, 0.3) is 0 Å². The number of rotatable bonds is 5. The van der Waals surface area contributed by atoms with Crippen molar-refractivity contribution in [2.75, 3.05) is 0 Å². The van der Waals surface area contributed by atoms with Gasteiger partial charge in [0.2, 0.25) is 0 Å². The van der Waals surface area contributed by atoms with Crippen LogP contribution in [0, 0.1) is 6.92 Å². The molecular formula is C53H36. The molecule has 0 spiro atoms. The lowest BCUT2D eigenvalue weighted by molar-refractivity contribution is 1.49. The lowest BCUT2D eigenvalue weighted by atomic mass is 9.85. The highest BCUT2D eigenvalue weighted by atomic mass is 14.2. The van der Waals surface area contributed by atoms with Crippen LogP contribution in [0.5, 0.6) is 0 Å². The molecule has 0 aliphatic carbocycles. The summed E-state index contributed by atoms with van der Waals surface area (Å²) in [7, 11) is 0. The summed E-state index contributed by atoms with van der Waals surface area (Å²) in [4.78, 5) is 0. The van der Waals surface area contributed by atoms with Gasteiger partial charge >= 0.3 is 0 Å². The highest BCUT2D eigenvalue weighted by Crippen LogP contribution is 2.43. The smallest absolute Gasteiger partial charge is 0.00694 e. The average molecular weight is 673 g/mol. The van der Waals surface area contributed by atoms with E-state index >= 15 is 0 Å². The zero-order valence-corrected chi connectivity index (χ0v) is 29.6. The van der Waals surface area contributed by atoms with E-state index in [0.717, 1.165) is 0 Å². The summed E-state index contributed by atoms with van der Waals surface area (Å²) in [5, 5.41) is 10.1. The first-order chi connectivity index (χ1) is 26.2. The molecule has 0 radical (unpaired) electrons. The van der Waals surface area contributed by atoms with E-state index in [-0.39, 0.29) is 0 Å². The molecule has 0 nitrogen and oxygen atoms in total. The summed E-state index contributed by atoms with van der Waals surface area (Å²) in [5.41, 5.74) is 13.7. The number of hydrogen-bond donors (Lipinski definition) is 0. The van der Waals surface area contributed by atoms with Crippen LogP contribution in [0.15, 0.2) is 200 Å². The van der Waals surface area contributed by atoms with Crippen LogP contribution in [-0.2, 0) is 0 Å². The zero-order valence-electron chi connectivity index (χ0n) is 29.6. The van der Waals surface area contributed by atoms with Gasteiger partial charge in [-0.15, -0.1) is 0 Å². The molecule has 0 heterocycles. The molecule has 248 valence electrons. The van der Waals surface area contributed by atoms with Crippen molar-refractivity contribution in [2.45, 2.75) is 6.92 Å². The Balaban J connectivity index is 1.03. The molecule has 0 aromatic heterocycles. The van der Waals surface area contributed by atoms with Gasteiger partial charge in [0.05, 0.1) is 0 Å². The summed E-state index contributed by atoms with van der Waals surface area (Å²) < 4.78 is 0. The molecule has 10 aromatic rings. The average Bonchev–Trinajstić information content (AvgIpc) is 3.23. The number of benzene rings is 10. The Bertz CT molecular complexity index is 2980. The first-order valence-electron chi connectivity index (χ1n) is 18.4. The Morgan fingerprint density at radius 1 is 0.245 bits per heavy atom. The van der Waals surface area contributed by atoms with Crippen molar-refractivity contribution in [3.63, 3.8) is 0 Å². The summed E-state index contributed by atoms with van der Waals surface area (Å²) in [6.45, 7) is 2.27. The van der Waals surface area contributed by atoms with Gasteiger partial charge in [-0.25, -0.2) is 0 Å². The van der Waals surface area contributed by atoms with E-state index in [1.165, 1.54) is 104 Å². The van der Waals surface area contributed by atoms with Crippen molar-refractivity contribution in [2.24, 2.45) is 0 Å². The Labute approximate surface area is 310 Å². The summed E-state index contributed by atoms with van der Waals surface area (Å²) >= 11 is 0. The topological polar surface area (TPSA) is 0 Å². The number of fused-ring (bicyclic) bond motifs is 4. The van der Waals surface area contributed by atoms with E-state index in [0.29, 0.717) is 0 Å². The third-order valence-electron chi connectivity index (χ3n) is 11.0. The fraction of sp³-hybridized carbons (Fsp3) is 0.0189. The quantitative estimate of drug-likeness (QED) is 0.171. The van der Waals surface area contributed by atoms with Gasteiger partial charge in [-0.1, -0.05) is 188 Å². The molecule has 0 bridgehead atoms. The second kappa shape index (κ2) is 12.8. The first-order valence-corrected chi connectivity index (χ1v) is 18.4. The largest absolute Gasteiger partial charge is 0.0616 e. The van der Waals surface area contributed by atoms with Crippen molar-refractivity contribution in [1.29, 1.82) is 0 Å². The van der Waals surface area contributed by atoms with Gasteiger partial charge in [-0.2, -0.15) is 0 Å². The molecule has 10 rings (SSSR count). The maximum atomic E-state index is 2.39. The van der Waals surface area contributed by atoms with E-state index in [4.69, 9.17) is 0 Å². The predicted molar refractivity (Wildman–Crippen MR) is 228 cm³/mol. The minimum atomic E-state index is 1.22. The van der Waals surface area contributed by atoms with E-state index in [1.54, 1.807) is 0 Å². The van der Waals surface area contributed by atoms with Crippen molar-refractivity contribution in [3.05, 3.63) is 206 Å². The van der Waals surface area contributed by atoms with Crippen LogP contribution in [0.1, 0.15) is 5.56 Å². The first kappa shape index (κ1) is 31.0. The van der Waals surface area contributed by atoms with Gasteiger partial charge in [-0.05, 0) is 123 Å². The third kappa shape index (κ3) is 5.48. The molecule has 0 aliphatic rings. The van der Waals surface area contributed by atoms with E-state index in [1.807, 2.05) is 0 Å². The molecule has 10 aromatic carbocycles. The molecule has 0 unspecified atom stereocenters. The van der Waals surface area contributed by atoms with Crippen LogP contribution in [0.4, 0.5) is 0 Å². The van der Waals surface area contributed by atoms with Gasteiger partial charge in [-0.3, -0.25) is 0 Å². The maximum Gasteiger partial charge on any atom is -0.00694 e. The van der Waals surface area contributed by atoms with E-state index < -0.39 is 0 Å². The molecule has 0 amide bonds. The zero-order chi connectivity index (χ0) is 35.3. The number of aryl methyl sites for hydroxylation is 1. The Hall–Kier alpha value is -6.76. The molecule has 0 atom stereocenters. The molecule has 0 fully saturated rings. The molecular weight excluding hydrogens is 637 g/mol. The SMILES string of the molecule is Cc1cc(-c2ccc(-c3ccc4ccccc4c3)cc2)c2ccccc2c1-c1ccc(-c2ccc(-c3ccc4ccccc4c3)cc2)c2ccccc12. The van der Waals surface area contributed by atoms with E-state index in [2.05, 4.69) is 207 Å². The van der Waals surface area contributed by atoms with Crippen LogP contribution < -0.4 is 0 Å². The Kier molecular flexibility index (Phi) is 7.48. The molecule has 0 aliphatic heterocycles. The monoisotopic (exact) mass is 672 g/mol. The van der Waals surface area contributed by atoms with Crippen LogP contribution >= 0.6 is 0 Å². The van der Waals surface area contributed by atoms with Gasteiger partial charge in [0, 0.05) is 0 Å². The highest BCUT2D eigenvalue weighted by molar-refractivity contribution is 6.13. The van der Waals surface area contributed by atoms with Crippen molar-refractivity contribution < 1.29 is 0 Å². The van der Waals surface area contributed by atoms with Gasteiger partial charge < -0.3 is 0 Å². The minimum Gasteiger partial charge on any atom is -0.0616 e. The fourth-order valence-electron chi connectivity index (χ4n) is 8.30. The van der Waals surface area contributed by atoms with Crippen molar-refractivity contribution in [3.8, 4) is 55.6 Å². The lowest BCUT2D eigenvalue weighted by Gasteiger charge is -2.18. The van der Waals surface area contributed by atoms with Crippen molar-refractivity contribution in [1.82, 2.24) is 0 Å². The van der Waals surface area contributed by atoms with Crippen LogP contribution in [0.3, 0.4) is 0 Å². The lowest BCUT2D eigenvalue weighted by Crippen LogP contribution is -1.93. The molecule has 0 N–H and O–H groups in total. The molecule has 0 saturated carbocycles. The standard InChI is InChI=1S/C53H36/c1-35-32-52(41-26-20-39(21-27-41)45-29-23-37-11-3-5-13-43(37)34-45)49-16-8-9-17-50(49)53(35)51-31-30-46(47-14-6-7-15-48(47)51)40-24-18-38(19-25-40)44-28-22-36-10-2-4-12-42(36)33-44/h2-34H,1H3. The van der Waals surface area contributed by atoms with E-state index in [9.17, 15) is 0 Å². The molecule has 0 heteroatoms. The van der Waals surface area contributed by atoms with Crippen LogP contribution in [0.25, 0.3) is 98.7 Å². The second-order valence-corrected chi connectivity index (χ2v) is 14.1. The second-order valence-electron chi connectivity index (χ2n) is 14.1. The molecule has 53 heavy (non-hydrogen) atoms. The van der Waals surface area contributed by atoms with Gasteiger partial charge in [0.15, 0.2) is 0 Å². The summed E-state index contributed by atoms with van der Waals surface area (Å²) in [5.74, 6) is 0. The normalized spacial score (nSPS) is 11.5. The Morgan fingerprint density at radius 2 is 0.623 bits per heavy atom. The summed E-state index contributed by atoms with van der Waals surface area (Å²) in [6.07, 6.45) is 0. The van der Waals surface area contributed by atoms with Crippen LogP contribution in [-0.4, -0.2) is 0 Å². The van der Waals surface area contributed by atoms with Crippen molar-refractivity contribution >= 4 is 43.1 Å². The maximum absolute atomic E-state index is 2.39.